The van der Waals surface area contributed by atoms with Crippen molar-refractivity contribution in [2.45, 2.75) is 46.5 Å². The van der Waals surface area contributed by atoms with Crippen LogP contribution >= 0.6 is 11.3 Å². The van der Waals surface area contributed by atoms with Crippen LogP contribution in [0.3, 0.4) is 0 Å². The van der Waals surface area contributed by atoms with E-state index in [4.69, 9.17) is 0 Å². The molecule has 0 aliphatic rings. The van der Waals surface area contributed by atoms with Crippen LogP contribution in [0.25, 0.3) is 0 Å². The molecule has 2 rings (SSSR count). The molecule has 0 fully saturated rings. The topological polar surface area (TPSA) is 12.9 Å². The molecule has 0 amide bonds. The predicted molar refractivity (Wildman–Crippen MR) is 81.3 cm³/mol. The molecule has 98 valence electrons. The molecule has 1 heterocycles. The van der Waals surface area contributed by atoms with E-state index >= 15 is 0 Å². The fourth-order valence-corrected chi connectivity index (χ4v) is 2.36. The Morgan fingerprint density at radius 2 is 1.67 bits per heavy atom. The molecule has 2 aromatic rings. The van der Waals surface area contributed by atoms with Crippen molar-refractivity contribution < 1.29 is 0 Å². The lowest BCUT2D eigenvalue weighted by Crippen LogP contribution is -1.81. The molecule has 0 saturated carbocycles. The van der Waals surface area contributed by atoms with Crippen molar-refractivity contribution in [2.75, 3.05) is 0 Å². The lowest BCUT2D eigenvalue weighted by atomic mass is 10.1. The monoisotopic (exact) mass is 261 g/mol. The van der Waals surface area contributed by atoms with E-state index < -0.39 is 0 Å². The van der Waals surface area contributed by atoms with Gasteiger partial charge in [-0.05, 0) is 25.3 Å². The minimum atomic E-state index is 1.19. The third-order valence-corrected chi connectivity index (χ3v) is 3.48. The lowest BCUT2D eigenvalue weighted by Gasteiger charge is -1.97. The maximum atomic E-state index is 3.96. The van der Waals surface area contributed by atoms with Gasteiger partial charge in [-0.1, -0.05) is 56.5 Å². The van der Waals surface area contributed by atoms with Gasteiger partial charge in [-0.15, -0.1) is 11.3 Å². The molecule has 0 saturated heterocycles. The number of rotatable bonds is 4. The Hall–Kier alpha value is -1.15. The predicted octanol–water partition coefficient (Wildman–Crippen LogP) is 5.04. The van der Waals surface area contributed by atoms with Gasteiger partial charge in [-0.2, -0.15) is 0 Å². The molecule has 2 heteroatoms. The van der Waals surface area contributed by atoms with E-state index in [1.807, 2.05) is 11.7 Å². The average molecular weight is 261 g/mol. The number of benzene rings is 1. The zero-order valence-electron chi connectivity index (χ0n) is 11.6. The average Bonchev–Trinajstić information content (AvgIpc) is 2.87. The first kappa shape index (κ1) is 14.9. The Morgan fingerprint density at radius 3 is 2.17 bits per heavy atom. The highest BCUT2D eigenvalue weighted by atomic mass is 32.1. The summed E-state index contributed by atoms with van der Waals surface area (Å²) >= 11 is 1.74. The van der Waals surface area contributed by atoms with Gasteiger partial charge in [0.2, 0.25) is 0 Å². The van der Waals surface area contributed by atoms with Crippen molar-refractivity contribution >= 4 is 11.3 Å². The number of thiazole rings is 1. The van der Waals surface area contributed by atoms with Gasteiger partial charge in [0, 0.05) is 11.1 Å². The zero-order chi connectivity index (χ0) is 13.2. The van der Waals surface area contributed by atoms with Gasteiger partial charge in [0.25, 0.3) is 0 Å². The van der Waals surface area contributed by atoms with Gasteiger partial charge in [0.05, 0.1) is 5.51 Å². The smallest absolute Gasteiger partial charge is 0.0794 e. The molecular formula is C16H23NS. The molecule has 0 unspecified atom stereocenters. The summed E-state index contributed by atoms with van der Waals surface area (Å²) < 4.78 is 0. The second-order valence-electron chi connectivity index (χ2n) is 4.45. The minimum absolute atomic E-state index is 1.19. The van der Waals surface area contributed by atoms with Crippen molar-refractivity contribution in [3.8, 4) is 0 Å². The number of hydrogen-bond acceptors (Lipinski definition) is 2. The summed E-state index contributed by atoms with van der Waals surface area (Å²) in [4.78, 5) is 5.36. The van der Waals surface area contributed by atoms with Gasteiger partial charge in [-0.25, -0.2) is 0 Å². The van der Waals surface area contributed by atoms with Gasteiger partial charge in [0.15, 0.2) is 0 Å². The SMILES string of the molecule is CCCc1ccc(C)cc1.CCCc1cncs1. The van der Waals surface area contributed by atoms with E-state index in [9.17, 15) is 0 Å². The number of hydrogen-bond donors (Lipinski definition) is 0. The van der Waals surface area contributed by atoms with Gasteiger partial charge >= 0.3 is 0 Å². The largest absolute Gasteiger partial charge is 0.253 e. The first-order valence-corrected chi connectivity index (χ1v) is 7.57. The van der Waals surface area contributed by atoms with E-state index in [0.29, 0.717) is 0 Å². The van der Waals surface area contributed by atoms with E-state index in [2.05, 4.69) is 50.0 Å². The van der Waals surface area contributed by atoms with Crippen molar-refractivity contribution in [1.29, 1.82) is 0 Å². The molecule has 0 bridgehead atoms. The van der Waals surface area contributed by atoms with Crippen LogP contribution in [0.1, 0.15) is 42.7 Å². The Balaban J connectivity index is 0.000000184. The van der Waals surface area contributed by atoms with Crippen LogP contribution in [0.4, 0.5) is 0 Å². The van der Waals surface area contributed by atoms with E-state index in [1.54, 1.807) is 11.3 Å². The summed E-state index contributed by atoms with van der Waals surface area (Å²) in [6.45, 7) is 6.51. The van der Waals surface area contributed by atoms with Crippen LogP contribution in [0.5, 0.6) is 0 Å². The Labute approximate surface area is 115 Å². The zero-order valence-corrected chi connectivity index (χ0v) is 12.5. The molecule has 0 spiro atoms. The summed E-state index contributed by atoms with van der Waals surface area (Å²) in [5.74, 6) is 0. The molecule has 1 aromatic heterocycles. The molecule has 0 N–H and O–H groups in total. The Bertz CT molecular complexity index is 403. The van der Waals surface area contributed by atoms with Crippen LogP contribution < -0.4 is 0 Å². The number of aryl methyl sites for hydroxylation is 3. The first-order chi connectivity index (χ1) is 8.76. The summed E-state index contributed by atoms with van der Waals surface area (Å²) in [5, 5.41) is 0. The standard InChI is InChI=1S/C10H14.C6H9NS/c1-3-4-10-7-5-9(2)6-8-10;1-2-3-6-4-7-5-8-6/h5-8H,3-4H2,1-2H3;4-5H,2-3H2,1H3. The normalized spacial score (nSPS) is 9.72. The highest BCUT2D eigenvalue weighted by Gasteiger charge is 1.88. The lowest BCUT2D eigenvalue weighted by molar-refractivity contribution is 0.921. The van der Waals surface area contributed by atoms with Gasteiger partial charge in [0.1, 0.15) is 0 Å². The van der Waals surface area contributed by atoms with E-state index in [0.717, 1.165) is 0 Å². The molecule has 0 aliphatic heterocycles. The molecule has 0 radical (unpaired) electrons. The molecule has 0 aliphatic carbocycles. The highest BCUT2D eigenvalue weighted by Crippen LogP contribution is 2.07. The van der Waals surface area contributed by atoms with Crippen molar-refractivity contribution in [2.24, 2.45) is 0 Å². The maximum absolute atomic E-state index is 3.96. The van der Waals surface area contributed by atoms with Crippen LogP contribution in [-0.2, 0) is 12.8 Å². The Morgan fingerprint density at radius 1 is 1.00 bits per heavy atom. The molecular weight excluding hydrogens is 238 g/mol. The molecule has 18 heavy (non-hydrogen) atoms. The fraction of sp³-hybridized carbons (Fsp3) is 0.438. The van der Waals surface area contributed by atoms with Crippen LogP contribution in [0.2, 0.25) is 0 Å². The Kier molecular flexibility index (Phi) is 7.35. The summed E-state index contributed by atoms with van der Waals surface area (Å²) in [7, 11) is 0. The van der Waals surface area contributed by atoms with Gasteiger partial charge < -0.3 is 0 Å². The second-order valence-corrected chi connectivity index (χ2v) is 5.42. The second kappa shape index (κ2) is 8.87. The van der Waals surface area contributed by atoms with Crippen molar-refractivity contribution in [1.82, 2.24) is 4.98 Å². The first-order valence-electron chi connectivity index (χ1n) is 6.69. The number of aromatic nitrogens is 1. The quantitative estimate of drug-likeness (QED) is 0.751. The van der Waals surface area contributed by atoms with Crippen LogP contribution in [0.15, 0.2) is 36.0 Å². The van der Waals surface area contributed by atoms with Gasteiger partial charge in [-0.3, -0.25) is 4.98 Å². The summed E-state index contributed by atoms with van der Waals surface area (Å²) in [5.41, 5.74) is 4.68. The van der Waals surface area contributed by atoms with E-state index in [1.165, 1.54) is 41.7 Å². The molecule has 1 aromatic carbocycles. The number of nitrogens with zero attached hydrogens (tertiary/aromatic N) is 1. The molecule has 1 nitrogen and oxygen atoms in total. The van der Waals surface area contributed by atoms with E-state index in [-0.39, 0.29) is 0 Å². The van der Waals surface area contributed by atoms with Crippen molar-refractivity contribution in [3.05, 3.63) is 52.0 Å². The summed E-state index contributed by atoms with van der Waals surface area (Å²) in [6, 6.07) is 8.76. The minimum Gasteiger partial charge on any atom is -0.253 e. The third kappa shape index (κ3) is 5.97. The fourth-order valence-electron chi connectivity index (χ4n) is 1.66. The van der Waals surface area contributed by atoms with Crippen LogP contribution in [-0.4, -0.2) is 4.98 Å². The molecule has 0 atom stereocenters. The maximum Gasteiger partial charge on any atom is 0.0794 e. The third-order valence-electron chi connectivity index (χ3n) is 2.64. The van der Waals surface area contributed by atoms with Crippen LogP contribution in [0, 0.1) is 6.92 Å². The van der Waals surface area contributed by atoms with Crippen molar-refractivity contribution in [3.63, 3.8) is 0 Å². The highest BCUT2D eigenvalue weighted by molar-refractivity contribution is 7.09. The summed E-state index contributed by atoms with van der Waals surface area (Å²) in [6.07, 6.45) is 6.80.